The number of nitro groups is 1. The van der Waals surface area contributed by atoms with E-state index in [9.17, 15) is 14.9 Å². The molecule has 1 heterocycles. The van der Waals surface area contributed by atoms with Gasteiger partial charge in [0.1, 0.15) is 5.69 Å². The van der Waals surface area contributed by atoms with E-state index in [1.54, 1.807) is 5.38 Å². The number of non-ortho nitro benzene ring substituents is 1. The number of anilines is 1. The largest absolute Gasteiger partial charge is 0.319 e. The maximum Gasteiger partial charge on any atom is 0.275 e. The molecule has 1 N–H and O–H groups in total. The monoisotopic (exact) mass is 327 g/mol. The maximum absolute atomic E-state index is 11.8. The van der Waals surface area contributed by atoms with Gasteiger partial charge in [0.05, 0.1) is 16.1 Å². The lowest BCUT2D eigenvalue weighted by Gasteiger charge is -2.05. The summed E-state index contributed by atoms with van der Waals surface area (Å²) in [6.07, 6.45) is 0. The summed E-state index contributed by atoms with van der Waals surface area (Å²) in [6.45, 7) is 0. The molecule has 0 aliphatic heterocycles. The molecule has 8 heteroatoms. The predicted octanol–water partition coefficient (Wildman–Crippen LogP) is 3.07. The summed E-state index contributed by atoms with van der Waals surface area (Å²) in [7, 11) is 0. The molecule has 0 atom stereocenters. The Balaban J connectivity index is 2.26. The van der Waals surface area contributed by atoms with Crippen LogP contribution < -0.4 is 5.32 Å². The number of amides is 1. The zero-order chi connectivity index (χ0) is 13.1. The normalized spacial score (nSPS) is 10.1. The van der Waals surface area contributed by atoms with E-state index in [4.69, 9.17) is 0 Å². The molecule has 2 aromatic rings. The van der Waals surface area contributed by atoms with Crippen LogP contribution >= 0.6 is 27.3 Å². The third-order valence-electron chi connectivity index (χ3n) is 2.07. The highest BCUT2D eigenvalue weighted by Crippen LogP contribution is 2.27. The fraction of sp³-hybridized carbons (Fsp3) is 0. The molecule has 0 aliphatic rings. The zero-order valence-corrected chi connectivity index (χ0v) is 11.2. The maximum atomic E-state index is 11.8. The molecule has 18 heavy (non-hydrogen) atoms. The van der Waals surface area contributed by atoms with E-state index in [1.807, 2.05) is 0 Å². The highest BCUT2D eigenvalue weighted by molar-refractivity contribution is 9.10. The number of hydrogen-bond acceptors (Lipinski definition) is 5. The first-order valence-electron chi connectivity index (χ1n) is 4.71. The summed E-state index contributed by atoms with van der Waals surface area (Å²) in [5.74, 6) is -0.405. The van der Waals surface area contributed by atoms with Crippen LogP contribution in [-0.4, -0.2) is 15.8 Å². The zero-order valence-electron chi connectivity index (χ0n) is 8.79. The Kier molecular flexibility index (Phi) is 3.68. The van der Waals surface area contributed by atoms with Crippen LogP contribution in [0.15, 0.2) is 33.6 Å². The van der Waals surface area contributed by atoms with Crippen molar-refractivity contribution in [3.63, 3.8) is 0 Å². The minimum Gasteiger partial charge on any atom is -0.319 e. The van der Waals surface area contributed by atoms with Gasteiger partial charge in [-0.25, -0.2) is 4.98 Å². The molecule has 0 saturated heterocycles. The molecule has 6 nitrogen and oxygen atoms in total. The SMILES string of the molecule is O=C(Nc1cc([N+](=O)[O-])ccc1Br)c1cscn1. The topological polar surface area (TPSA) is 85.1 Å². The second-order valence-corrected chi connectivity index (χ2v) is 4.82. The lowest BCUT2D eigenvalue weighted by Crippen LogP contribution is -2.12. The van der Waals surface area contributed by atoms with Crippen molar-refractivity contribution in [3.8, 4) is 0 Å². The van der Waals surface area contributed by atoms with Gasteiger partial charge in [-0.3, -0.25) is 14.9 Å². The van der Waals surface area contributed by atoms with Crippen LogP contribution in [0, 0.1) is 10.1 Å². The Bertz CT molecular complexity index is 600. The van der Waals surface area contributed by atoms with Gasteiger partial charge in [0, 0.05) is 22.0 Å². The van der Waals surface area contributed by atoms with Gasteiger partial charge in [-0.2, -0.15) is 0 Å². The first-order valence-corrected chi connectivity index (χ1v) is 6.45. The number of rotatable bonds is 3. The van der Waals surface area contributed by atoms with E-state index < -0.39 is 10.8 Å². The van der Waals surface area contributed by atoms with Crippen molar-refractivity contribution in [1.29, 1.82) is 0 Å². The number of aromatic nitrogens is 1. The van der Waals surface area contributed by atoms with Gasteiger partial charge in [-0.15, -0.1) is 11.3 Å². The van der Waals surface area contributed by atoms with Crippen molar-refractivity contribution in [2.24, 2.45) is 0 Å². The molecular weight excluding hydrogens is 322 g/mol. The minimum atomic E-state index is -0.523. The van der Waals surface area contributed by atoms with Crippen molar-refractivity contribution in [1.82, 2.24) is 4.98 Å². The Morgan fingerprint density at radius 2 is 2.28 bits per heavy atom. The molecule has 1 amide bonds. The average Bonchev–Trinajstić information content (AvgIpc) is 2.85. The first-order chi connectivity index (χ1) is 8.58. The molecule has 0 saturated carbocycles. The third-order valence-corrected chi connectivity index (χ3v) is 3.35. The Morgan fingerprint density at radius 1 is 1.50 bits per heavy atom. The third kappa shape index (κ3) is 2.71. The van der Waals surface area contributed by atoms with Crippen molar-refractivity contribution < 1.29 is 9.72 Å². The van der Waals surface area contributed by atoms with Crippen molar-refractivity contribution >= 4 is 44.5 Å². The smallest absolute Gasteiger partial charge is 0.275 e. The van der Waals surface area contributed by atoms with Crippen LogP contribution in [-0.2, 0) is 0 Å². The summed E-state index contributed by atoms with van der Waals surface area (Å²) >= 11 is 4.52. The number of carbonyl (C=O) groups is 1. The lowest BCUT2D eigenvalue weighted by atomic mass is 10.2. The fourth-order valence-corrected chi connectivity index (χ4v) is 2.11. The molecule has 92 valence electrons. The lowest BCUT2D eigenvalue weighted by molar-refractivity contribution is -0.384. The fourth-order valence-electron chi connectivity index (χ4n) is 1.23. The average molecular weight is 328 g/mol. The van der Waals surface area contributed by atoms with Crippen LogP contribution in [0.5, 0.6) is 0 Å². The van der Waals surface area contributed by atoms with Crippen LogP contribution in [0.2, 0.25) is 0 Å². The second kappa shape index (κ2) is 5.23. The van der Waals surface area contributed by atoms with Crippen molar-refractivity contribution in [2.45, 2.75) is 0 Å². The van der Waals surface area contributed by atoms with E-state index in [0.29, 0.717) is 10.2 Å². The summed E-state index contributed by atoms with van der Waals surface area (Å²) in [6, 6.07) is 4.14. The van der Waals surface area contributed by atoms with Gasteiger partial charge in [0.2, 0.25) is 0 Å². The molecule has 0 spiro atoms. The van der Waals surface area contributed by atoms with E-state index in [1.165, 1.54) is 35.0 Å². The second-order valence-electron chi connectivity index (χ2n) is 3.25. The number of hydrogen-bond donors (Lipinski definition) is 1. The number of nitrogens with one attached hydrogen (secondary N) is 1. The van der Waals surface area contributed by atoms with Gasteiger partial charge in [-0.1, -0.05) is 0 Å². The minimum absolute atomic E-state index is 0.0909. The number of nitrogens with zero attached hydrogens (tertiary/aromatic N) is 2. The van der Waals surface area contributed by atoms with Gasteiger partial charge in [0.15, 0.2) is 0 Å². The highest BCUT2D eigenvalue weighted by Gasteiger charge is 2.13. The Labute approximate surface area is 114 Å². The Hall–Kier alpha value is -1.80. The summed E-state index contributed by atoms with van der Waals surface area (Å²) in [5.41, 5.74) is 2.06. The first kappa shape index (κ1) is 12.7. The quantitative estimate of drug-likeness (QED) is 0.693. The van der Waals surface area contributed by atoms with Gasteiger partial charge < -0.3 is 5.32 Å². The summed E-state index contributed by atoms with van der Waals surface area (Å²) in [4.78, 5) is 25.7. The van der Waals surface area contributed by atoms with E-state index in [2.05, 4.69) is 26.2 Å². The van der Waals surface area contributed by atoms with Crippen LogP contribution in [0.3, 0.4) is 0 Å². The van der Waals surface area contributed by atoms with Crippen LogP contribution in [0.1, 0.15) is 10.5 Å². The molecular formula is C10H6BrN3O3S. The highest BCUT2D eigenvalue weighted by atomic mass is 79.9. The van der Waals surface area contributed by atoms with Crippen LogP contribution in [0.4, 0.5) is 11.4 Å². The molecule has 0 bridgehead atoms. The molecule has 0 unspecified atom stereocenters. The Morgan fingerprint density at radius 3 is 2.89 bits per heavy atom. The van der Waals surface area contributed by atoms with E-state index >= 15 is 0 Å². The standard InChI is InChI=1S/C10H6BrN3O3S/c11-7-2-1-6(14(16)17)3-8(7)13-10(15)9-4-18-5-12-9/h1-5H,(H,13,15). The molecule has 2 rings (SSSR count). The summed E-state index contributed by atoms with van der Waals surface area (Å²) in [5, 5.41) is 14.8. The molecule has 0 fully saturated rings. The summed E-state index contributed by atoms with van der Waals surface area (Å²) < 4.78 is 0.566. The number of thiazole rings is 1. The number of benzene rings is 1. The number of carbonyl (C=O) groups excluding carboxylic acids is 1. The predicted molar refractivity (Wildman–Crippen MR) is 70.9 cm³/mol. The van der Waals surface area contributed by atoms with Gasteiger partial charge in [0.25, 0.3) is 11.6 Å². The van der Waals surface area contributed by atoms with E-state index in [0.717, 1.165) is 0 Å². The molecule has 1 aromatic heterocycles. The number of nitro benzene ring substituents is 1. The van der Waals surface area contributed by atoms with E-state index in [-0.39, 0.29) is 11.4 Å². The number of halogens is 1. The molecule has 0 aliphatic carbocycles. The van der Waals surface area contributed by atoms with Crippen molar-refractivity contribution in [3.05, 3.63) is 49.4 Å². The molecule has 0 radical (unpaired) electrons. The van der Waals surface area contributed by atoms with Crippen molar-refractivity contribution in [2.75, 3.05) is 5.32 Å². The van der Waals surface area contributed by atoms with Crippen LogP contribution in [0.25, 0.3) is 0 Å². The molecule has 1 aromatic carbocycles. The van der Waals surface area contributed by atoms with Gasteiger partial charge in [-0.05, 0) is 22.0 Å². The van der Waals surface area contributed by atoms with Gasteiger partial charge >= 0.3 is 0 Å².